The minimum absolute atomic E-state index is 0.823. The van der Waals surface area contributed by atoms with Crippen molar-refractivity contribution in [2.24, 2.45) is 0 Å². The molecule has 19 heavy (non-hydrogen) atoms. The molecule has 2 nitrogen and oxygen atoms in total. The quantitative estimate of drug-likeness (QED) is 0.897. The molecule has 0 aromatic heterocycles. The van der Waals surface area contributed by atoms with Crippen LogP contribution in [0.15, 0.2) is 36.4 Å². The van der Waals surface area contributed by atoms with E-state index in [4.69, 9.17) is 4.74 Å². The van der Waals surface area contributed by atoms with Crippen molar-refractivity contribution < 1.29 is 4.74 Å². The van der Waals surface area contributed by atoms with Crippen molar-refractivity contribution in [3.05, 3.63) is 58.7 Å². The minimum atomic E-state index is 0.823. The molecule has 0 aliphatic carbocycles. The van der Waals surface area contributed by atoms with Gasteiger partial charge in [-0.2, -0.15) is 0 Å². The van der Waals surface area contributed by atoms with Gasteiger partial charge in [0.15, 0.2) is 0 Å². The van der Waals surface area contributed by atoms with Crippen LogP contribution in [0.5, 0.6) is 5.75 Å². The van der Waals surface area contributed by atoms with Crippen molar-refractivity contribution in [3.63, 3.8) is 0 Å². The molecule has 0 saturated heterocycles. The van der Waals surface area contributed by atoms with Crippen molar-refractivity contribution in [2.75, 3.05) is 11.9 Å². The van der Waals surface area contributed by atoms with Gasteiger partial charge in [-0.05, 0) is 42.7 Å². The van der Waals surface area contributed by atoms with E-state index in [1.165, 1.54) is 27.9 Å². The first kappa shape index (κ1) is 12.1. The second kappa shape index (κ2) is 4.96. The van der Waals surface area contributed by atoms with Gasteiger partial charge in [-0.1, -0.05) is 29.8 Å². The van der Waals surface area contributed by atoms with Crippen molar-refractivity contribution in [3.8, 4) is 5.75 Å². The molecule has 0 fully saturated rings. The molecule has 1 aliphatic heterocycles. The average Bonchev–Trinajstić information content (AvgIpc) is 2.85. The summed E-state index contributed by atoms with van der Waals surface area (Å²) in [6, 6.07) is 13.0. The van der Waals surface area contributed by atoms with Gasteiger partial charge in [0.05, 0.1) is 6.61 Å². The summed E-state index contributed by atoms with van der Waals surface area (Å²) in [4.78, 5) is 0. The van der Waals surface area contributed by atoms with E-state index in [2.05, 4.69) is 55.6 Å². The fraction of sp³-hybridized carbons (Fsp3) is 0.294. The van der Waals surface area contributed by atoms with Crippen LogP contribution in [0.25, 0.3) is 0 Å². The Morgan fingerprint density at radius 2 is 2.00 bits per heavy atom. The molecule has 1 N–H and O–H groups in total. The Hall–Kier alpha value is -1.96. The summed E-state index contributed by atoms with van der Waals surface area (Å²) in [5.74, 6) is 1.05. The standard InChI is InChI=1S/C17H19NO/c1-12-3-5-16(13(2)9-12)18-11-14-4-6-17-15(10-14)7-8-19-17/h3-6,9-10,18H,7-8,11H2,1-2H3. The van der Waals surface area contributed by atoms with Crippen LogP contribution in [0.3, 0.4) is 0 Å². The Bertz CT molecular complexity index is 604. The van der Waals surface area contributed by atoms with Crippen LogP contribution in [0.2, 0.25) is 0 Å². The SMILES string of the molecule is Cc1ccc(NCc2ccc3c(c2)CCO3)c(C)c1. The second-order valence-corrected chi connectivity index (χ2v) is 5.21. The Morgan fingerprint density at radius 1 is 1.11 bits per heavy atom. The maximum absolute atomic E-state index is 5.53. The smallest absolute Gasteiger partial charge is 0.122 e. The summed E-state index contributed by atoms with van der Waals surface area (Å²) in [5, 5.41) is 3.51. The molecule has 0 bridgehead atoms. The number of aryl methyl sites for hydroxylation is 2. The lowest BCUT2D eigenvalue weighted by molar-refractivity contribution is 0.357. The van der Waals surface area contributed by atoms with E-state index in [1.54, 1.807) is 0 Å². The predicted molar refractivity (Wildman–Crippen MR) is 78.9 cm³/mol. The third kappa shape index (κ3) is 2.58. The van der Waals surface area contributed by atoms with Crippen LogP contribution in [0.4, 0.5) is 5.69 Å². The fourth-order valence-electron chi connectivity index (χ4n) is 2.56. The van der Waals surface area contributed by atoms with E-state index in [1.807, 2.05) is 0 Å². The summed E-state index contributed by atoms with van der Waals surface area (Å²) >= 11 is 0. The molecular weight excluding hydrogens is 234 g/mol. The zero-order valence-corrected chi connectivity index (χ0v) is 11.5. The topological polar surface area (TPSA) is 21.3 Å². The summed E-state index contributed by atoms with van der Waals surface area (Å²) in [6.45, 7) is 5.95. The molecule has 0 radical (unpaired) electrons. The van der Waals surface area contributed by atoms with E-state index < -0.39 is 0 Å². The van der Waals surface area contributed by atoms with Gasteiger partial charge in [0.2, 0.25) is 0 Å². The zero-order chi connectivity index (χ0) is 13.2. The highest BCUT2D eigenvalue weighted by Gasteiger charge is 2.11. The predicted octanol–water partition coefficient (Wildman–Crippen LogP) is 3.85. The van der Waals surface area contributed by atoms with Crippen molar-refractivity contribution in [1.29, 1.82) is 0 Å². The minimum Gasteiger partial charge on any atom is -0.493 e. The number of fused-ring (bicyclic) bond motifs is 1. The Kier molecular flexibility index (Phi) is 3.16. The number of anilines is 1. The first-order chi connectivity index (χ1) is 9.22. The van der Waals surface area contributed by atoms with Gasteiger partial charge in [0.25, 0.3) is 0 Å². The molecule has 0 saturated carbocycles. The molecule has 1 heterocycles. The van der Waals surface area contributed by atoms with Gasteiger partial charge in [-0.3, -0.25) is 0 Å². The average molecular weight is 253 g/mol. The number of hydrogen-bond acceptors (Lipinski definition) is 2. The van der Waals surface area contributed by atoms with Crippen LogP contribution >= 0.6 is 0 Å². The third-order valence-corrected chi connectivity index (χ3v) is 3.62. The molecule has 2 aromatic carbocycles. The highest BCUT2D eigenvalue weighted by atomic mass is 16.5. The van der Waals surface area contributed by atoms with Crippen molar-refractivity contribution in [1.82, 2.24) is 0 Å². The molecule has 0 atom stereocenters. The molecule has 1 aliphatic rings. The van der Waals surface area contributed by atoms with E-state index >= 15 is 0 Å². The normalized spacial score (nSPS) is 12.9. The summed E-state index contributed by atoms with van der Waals surface area (Å²) in [7, 11) is 0. The molecule has 0 amide bonds. The maximum atomic E-state index is 5.53. The van der Waals surface area contributed by atoms with E-state index in [0.29, 0.717) is 0 Å². The van der Waals surface area contributed by atoms with Crippen LogP contribution < -0.4 is 10.1 Å². The van der Waals surface area contributed by atoms with Gasteiger partial charge in [0, 0.05) is 18.7 Å². The van der Waals surface area contributed by atoms with Gasteiger partial charge >= 0.3 is 0 Å². The highest BCUT2D eigenvalue weighted by molar-refractivity contribution is 5.52. The molecule has 98 valence electrons. The fourth-order valence-corrected chi connectivity index (χ4v) is 2.56. The number of benzene rings is 2. The van der Waals surface area contributed by atoms with Gasteiger partial charge in [-0.25, -0.2) is 0 Å². The summed E-state index contributed by atoms with van der Waals surface area (Å²) in [5.41, 5.74) is 6.45. The molecule has 0 unspecified atom stereocenters. The maximum Gasteiger partial charge on any atom is 0.122 e. The van der Waals surface area contributed by atoms with Crippen LogP contribution in [-0.2, 0) is 13.0 Å². The molecule has 2 aromatic rings. The molecule has 0 spiro atoms. The Labute approximate surface area is 114 Å². The Balaban J connectivity index is 1.72. The van der Waals surface area contributed by atoms with E-state index in [-0.39, 0.29) is 0 Å². The van der Waals surface area contributed by atoms with Crippen molar-refractivity contribution >= 4 is 5.69 Å². The molecule has 2 heteroatoms. The van der Waals surface area contributed by atoms with Gasteiger partial charge < -0.3 is 10.1 Å². The number of rotatable bonds is 3. The summed E-state index contributed by atoms with van der Waals surface area (Å²) in [6.07, 6.45) is 1.03. The van der Waals surface area contributed by atoms with Crippen LogP contribution in [0, 0.1) is 13.8 Å². The monoisotopic (exact) mass is 253 g/mol. The number of nitrogens with one attached hydrogen (secondary N) is 1. The lowest BCUT2D eigenvalue weighted by Crippen LogP contribution is -2.01. The van der Waals surface area contributed by atoms with Gasteiger partial charge in [-0.15, -0.1) is 0 Å². The lowest BCUT2D eigenvalue weighted by Gasteiger charge is -2.11. The van der Waals surface area contributed by atoms with Crippen LogP contribution in [-0.4, -0.2) is 6.61 Å². The molecular formula is C17H19NO. The summed E-state index contributed by atoms with van der Waals surface area (Å²) < 4.78 is 5.53. The zero-order valence-electron chi connectivity index (χ0n) is 11.5. The van der Waals surface area contributed by atoms with E-state index in [0.717, 1.165) is 25.3 Å². The number of ether oxygens (including phenoxy) is 1. The second-order valence-electron chi connectivity index (χ2n) is 5.21. The first-order valence-corrected chi connectivity index (χ1v) is 6.78. The lowest BCUT2D eigenvalue weighted by atomic mass is 10.1. The van der Waals surface area contributed by atoms with Crippen LogP contribution in [0.1, 0.15) is 22.3 Å². The highest BCUT2D eigenvalue weighted by Crippen LogP contribution is 2.26. The van der Waals surface area contributed by atoms with Gasteiger partial charge in [0.1, 0.15) is 5.75 Å². The first-order valence-electron chi connectivity index (χ1n) is 6.78. The number of hydrogen-bond donors (Lipinski definition) is 1. The Morgan fingerprint density at radius 3 is 2.84 bits per heavy atom. The molecule has 3 rings (SSSR count). The third-order valence-electron chi connectivity index (χ3n) is 3.62. The van der Waals surface area contributed by atoms with E-state index in [9.17, 15) is 0 Å². The largest absolute Gasteiger partial charge is 0.493 e. The van der Waals surface area contributed by atoms with Crippen molar-refractivity contribution in [2.45, 2.75) is 26.8 Å².